The zero-order valence-electron chi connectivity index (χ0n) is 42.8. The highest BCUT2D eigenvalue weighted by Gasteiger charge is 2.19. The molecule has 0 aromatic carbocycles. The summed E-state index contributed by atoms with van der Waals surface area (Å²) in [6.07, 6.45) is 62.7. The summed E-state index contributed by atoms with van der Waals surface area (Å²) in [6.45, 7) is 6.64. The van der Waals surface area contributed by atoms with Gasteiger partial charge >= 0.3 is 17.9 Å². The molecule has 0 spiro atoms. The van der Waals surface area contributed by atoms with E-state index in [9.17, 15) is 14.4 Å². The van der Waals surface area contributed by atoms with Gasteiger partial charge in [0.2, 0.25) is 0 Å². The third-order valence-electron chi connectivity index (χ3n) is 12.4. The van der Waals surface area contributed by atoms with Crippen molar-refractivity contribution in [1.29, 1.82) is 0 Å². The third-order valence-corrected chi connectivity index (χ3v) is 12.4. The van der Waals surface area contributed by atoms with E-state index in [-0.39, 0.29) is 31.1 Å². The molecular formula is C58H106O6. The first-order valence-corrected chi connectivity index (χ1v) is 28.0. The largest absolute Gasteiger partial charge is 0.462 e. The van der Waals surface area contributed by atoms with Crippen molar-refractivity contribution < 1.29 is 28.6 Å². The molecule has 1 unspecified atom stereocenters. The van der Waals surface area contributed by atoms with E-state index < -0.39 is 6.10 Å². The molecule has 0 N–H and O–H groups in total. The Hall–Kier alpha value is -2.37. The van der Waals surface area contributed by atoms with Crippen LogP contribution in [0, 0.1) is 0 Å². The summed E-state index contributed by atoms with van der Waals surface area (Å²) in [5.41, 5.74) is 0. The summed E-state index contributed by atoms with van der Waals surface area (Å²) < 4.78 is 16.8. The molecule has 0 aliphatic heterocycles. The van der Waals surface area contributed by atoms with E-state index in [1.54, 1.807) is 0 Å². The SMILES string of the molecule is CCCCCCCC/C=C\CCCCCCCCCC(=O)OC(COC(=O)CCCCCCC/C=C\C=C/CCCCCCCCC)COC(=O)CCCCCCCCCCCCC. The summed E-state index contributed by atoms with van der Waals surface area (Å²) in [5.74, 6) is -0.883. The number of hydrogen-bond acceptors (Lipinski definition) is 6. The molecule has 0 radical (unpaired) electrons. The monoisotopic (exact) mass is 899 g/mol. The van der Waals surface area contributed by atoms with Crippen LogP contribution in [-0.4, -0.2) is 37.2 Å². The second-order valence-corrected chi connectivity index (χ2v) is 18.9. The van der Waals surface area contributed by atoms with Crippen molar-refractivity contribution in [3.8, 4) is 0 Å². The van der Waals surface area contributed by atoms with Gasteiger partial charge in [-0.2, -0.15) is 0 Å². The first kappa shape index (κ1) is 61.6. The first-order valence-electron chi connectivity index (χ1n) is 28.0. The Labute approximate surface area is 397 Å². The molecule has 0 saturated carbocycles. The minimum Gasteiger partial charge on any atom is -0.462 e. The maximum Gasteiger partial charge on any atom is 0.306 e. The van der Waals surface area contributed by atoms with Crippen LogP contribution in [0.15, 0.2) is 36.5 Å². The van der Waals surface area contributed by atoms with Gasteiger partial charge in [0, 0.05) is 19.3 Å². The molecule has 64 heavy (non-hydrogen) atoms. The summed E-state index contributed by atoms with van der Waals surface area (Å²) >= 11 is 0. The number of unbranched alkanes of at least 4 members (excludes halogenated alkanes) is 35. The maximum absolute atomic E-state index is 12.8. The minimum atomic E-state index is -0.777. The van der Waals surface area contributed by atoms with Gasteiger partial charge in [0.05, 0.1) is 0 Å². The molecule has 0 heterocycles. The lowest BCUT2D eigenvalue weighted by Crippen LogP contribution is -2.30. The molecule has 0 saturated heterocycles. The van der Waals surface area contributed by atoms with Gasteiger partial charge in [-0.1, -0.05) is 243 Å². The minimum absolute atomic E-state index is 0.0758. The van der Waals surface area contributed by atoms with Gasteiger partial charge in [-0.15, -0.1) is 0 Å². The molecule has 0 fully saturated rings. The quantitative estimate of drug-likeness (QED) is 0.0199. The number of carbonyl (C=O) groups excluding carboxylic acids is 3. The fraction of sp³-hybridized carbons (Fsp3) is 0.845. The Morgan fingerprint density at radius 1 is 0.312 bits per heavy atom. The number of carbonyl (C=O) groups is 3. The van der Waals surface area contributed by atoms with Crippen molar-refractivity contribution in [2.45, 2.75) is 303 Å². The lowest BCUT2D eigenvalue weighted by molar-refractivity contribution is -0.167. The first-order chi connectivity index (χ1) is 31.5. The van der Waals surface area contributed by atoms with Crippen LogP contribution in [0.3, 0.4) is 0 Å². The van der Waals surface area contributed by atoms with E-state index in [2.05, 4.69) is 57.2 Å². The summed E-state index contributed by atoms with van der Waals surface area (Å²) in [6, 6.07) is 0. The normalized spacial score (nSPS) is 12.2. The standard InChI is InChI=1S/C58H106O6/c1-4-7-10-13-16-19-22-24-26-28-30-31-33-36-39-42-45-48-51-57(60)63-54-55(53-62-56(59)50-47-44-41-38-35-21-18-15-12-9-6-3)64-58(61)52-49-46-43-40-37-34-32-29-27-25-23-20-17-14-11-8-5-2/h25-28,30-31,55H,4-24,29,32-54H2,1-3H3/b27-25-,28-26-,31-30-. The zero-order chi connectivity index (χ0) is 46.5. The Balaban J connectivity index is 4.35. The number of rotatable bonds is 51. The van der Waals surface area contributed by atoms with Crippen molar-refractivity contribution >= 4 is 17.9 Å². The van der Waals surface area contributed by atoms with Gasteiger partial charge in [-0.25, -0.2) is 0 Å². The van der Waals surface area contributed by atoms with Gasteiger partial charge in [0.25, 0.3) is 0 Å². The molecule has 0 aliphatic rings. The van der Waals surface area contributed by atoms with Gasteiger partial charge < -0.3 is 14.2 Å². The Kier molecular flexibility index (Phi) is 51.3. The van der Waals surface area contributed by atoms with Crippen LogP contribution in [-0.2, 0) is 28.6 Å². The van der Waals surface area contributed by atoms with E-state index >= 15 is 0 Å². The summed E-state index contributed by atoms with van der Waals surface area (Å²) in [4.78, 5) is 38.0. The highest BCUT2D eigenvalue weighted by molar-refractivity contribution is 5.71. The van der Waals surface area contributed by atoms with Crippen molar-refractivity contribution in [1.82, 2.24) is 0 Å². The van der Waals surface area contributed by atoms with Crippen molar-refractivity contribution in [2.24, 2.45) is 0 Å². The molecule has 1 atom stereocenters. The van der Waals surface area contributed by atoms with E-state index in [4.69, 9.17) is 14.2 Å². The summed E-state index contributed by atoms with van der Waals surface area (Å²) in [5, 5.41) is 0. The second kappa shape index (κ2) is 53.2. The maximum atomic E-state index is 12.8. The number of allylic oxidation sites excluding steroid dienone is 6. The van der Waals surface area contributed by atoms with E-state index in [0.717, 1.165) is 77.0 Å². The van der Waals surface area contributed by atoms with E-state index in [1.165, 1.54) is 180 Å². The molecular weight excluding hydrogens is 793 g/mol. The average Bonchev–Trinajstić information content (AvgIpc) is 3.29. The van der Waals surface area contributed by atoms with Crippen molar-refractivity contribution in [2.75, 3.05) is 13.2 Å². The van der Waals surface area contributed by atoms with Crippen molar-refractivity contribution in [3.05, 3.63) is 36.5 Å². The van der Waals surface area contributed by atoms with E-state index in [0.29, 0.717) is 19.3 Å². The smallest absolute Gasteiger partial charge is 0.306 e. The lowest BCUT2D eigenvalue weighted by Gasteiger charge is -2.18. The molecule has 0 aromatic heterocycles. The van der Waals surface area contributed by atoms with Crippen LogP contribution >= 0.6 is 0 Å². The Morgan fingerprint density at radius 2 is 0.562 bits per heavy atom. The predicted molar refractivity (Wildman–Crippen MR) is 275 cm³/mol. The second-order valence-electron chi connectivity index (χ2n) is 18.9. The van der Waals surface area contributed by atoms with E-state index in [1.807, 2.05) is 0 Å². The molecule has 0 amide bonds. The van der Waals surface area contributed by atoms with Crippen LogP contribution < -0.4 is 0 Å². The lowest BCUT2D eigenvalue weighted by atomic mass is 10.1. The van der Waals surface area contributed by atoms with Crippen LogP contribution in [0.2, 0.25) is 0 Å². The molecule has 0 rings (SSSR count). The number of ether oxygens (including phenoxy) is 3. The summed E-state index contributed by atoms with van der Waals surface area (Å²) in [7, 11) is 0. The average molecular weight is 899 g/mol. The fourth-order valence-electron chi connectivity index (χ4n) is 8.14. The molecule has 6 nitrogen and oxygen atoms in total. The number of esters is 3. The van der Waals surface area contributed by atoms with Gasteiger partial charge in [0.1, 0.15) is 13.2 Å². The molecule has 0 bridgehead atoms. The highest BCUT2D eigenvalue weighted by atomic mass is 16.6. The zero-order valence-corrected chi connectivity index (χ0v) is 42.8. The number of hydrogen-bond donors (Lipinski definition) is 0. The molecule has 0 aromatic rings. The van der Waals surface area contributed by atoms with Crippen LogP contribution in [0.5, 0.6) is 0 Å². The predicted octanol–water partition coefficient (Wildman–Crippen LogP) is 18.5. The van der Waals surface area contributed by atoms with Crippen LogP contribution in [0.1, 0.15) is 297 Å². The molecule has 374 valence electrons. The fourth-order valence-corrected chi connectivity index (χ4v) is 8.14. The van der Waals surface area contributed by atoms with Crippen LogP contribution in [0.25, 0.3) is 0 Å². The highest BCUT2D eigenvalue weighted by Crippen LogP contribution is 2.15. The van der Waals surface area contributed by atoms with Gasteiger partial charge in [-0.3, -0.25) is 14.4 Å². The van der Waals surface area contributed by atoms with Crippen molar-refractivity contribution in [3.63, 3.8) is 0 Å². The van der Waals surface area contributed by atoms with Gasteiger partial charge in [0.15, 0.2) is 6.10 Å². The Morgan fingerprint density at radius 3 is 0.875 bits per heavy atom. The topological polar surface area (TPSA) is 78.9 Å². The molecule has 0 aliphatic carbocycles. The Bertz CT molecular complexity index is 1080. The third kappa shape index (κ3) is 50.6. The molecule has 6 heteroatoms. The van der Waals surface area contributed by atoms with Crippen LogP contribution in [0.4, 0.5) is 0 Å². The van der Waals surface area contributed by atoms with Gasteiger partial charge in [-0.05, 0) is 70.6 Å².